The molecule has 0 fully saturated rings. The van der Waals surface area contributed by atoms with Crippen LogP contribution in [0.2, 0.25) is 0 Å². The van der Waals surface area contributed by atoms with E-state index in [4.69, 9.17) is 15.0 Å². The van der Waals surface area contributed by atoms with E-state index in [9.17, 15) is 0 Å². The van der Waals surface area contributed by atoms with E-state index in [-0.39, 0.29) is 0 Å². The molecule has 8 aromatic rings. The minimum absolute atomic E-state index is 0.644. The third-order valence-corrected chi connectivity index (χ3v) is 7.86. The van der Waals surface area contributed by atoms with Crippen LogP contribution in [-0.2, 0) is 0 Å². The predicted molar refractivity (Wildman–Crippen MR) is 176 cm³/mol. The van der Waals surface area contributed by atoms with Gasteiger partial charge in [-0.05, 0) is 35.4 Å². The molecule has 0 saturated heterocycles. The smallest absolute Gasteiger partial charge is 0.164 e. The topological polar surface area (TPSA) is 43.6 Å². The van der Waals surface area contributed by atoms with Crippen molar-refractivity contribution in [2.24, 2.45) is 0 Å². The molecule has 43 heavy (non-hydrogen) atoms. The molecular formula is C39H26N4. The first-order valence-corrected chi connectivity index (χ1v) is 14.4. The summed E-state index contributed by atoms with van der Waals surface area (Å²) in [7, 11) is 0. The van der Waals surface area contributed by atoms with Gasteiger partial charge in [-0.25, -0.2) is 15.0 Å². The maximum absolute atomic E-state index is 5.01. The normalized spacial score (nSPS) is 11.3. The lowest BCUT2D eigenvalue weighted by Crippen LogP contribution is -2.01. The predicted octanol–water partition coefficient (Wildman–Crippen LogP) is 9.64. The molecule has 0 amide bonds. The maximum atomic E-state index is 5.01. The van der Waals surface area contributed by atoms with Gasteiger partial charge >= 0.3 is 0 Å². The summed E-state index contributed by atoms with van der Waals surface area (Å²) in [5, 5.41) is 2.49. The van der Waals surface area contributed by atoms with Gasteiger partial charge in [-0.15, -0.1) is 0 Å². The van der Waals surface area contributed by atoms with Crippen molar-refractivity contribution in [3.63, 3.8) is 0 Å². The number of fused-ring (bicyclic) bond motifs is 3. The molecule has 4 heteroatoms. The van der Waals surface area contributed by atoms with Gasteiger partial charge in [0.15, 0.2) is 17.5 Å². The van der Waals surface area contributed by atoms with Crippen LogP contribution in [-0.4, -0.2) is 19.5 Å². The summed E-state index contributed by atoms with van der Waals surface area (Å²) >= 11 is 0. The molecule has 6 aromatic carbocycles. The fourth-order valence-corrected chi connectivity index (χ4v) is 5.87. The van der Waals surface area contributed by atoms with Crippen LogP contribution in [0.15, 0.2) is 158 Å². The van der Waals surface area contributed by atoms with E-state index >= 15 is 0 Å². The van der Waals surface area contributed by atoms with E-state index < -0.39 is 0 Å². The molecule has 2 aromatic heterocycles. The van der Waals surface area contributed by atoms with Crippen LogP contribution in [0.4, 0.5) is 0 Å². The van der Waals surface area contributed by atoms with Crippen molar-refractivity contribution >= 4 is 21.8 Å². The summed E-state index contributed by atoms with van der Waals surface area (Å²) in [5.74, 6) is 1.95. The van der Waals surface area contributed by atoms with Gasteiger partial charge in [0.25, 0.3) is 0 Å². The third kappa shape index (κ3) is 4.46. The standard InChI is InChI=1S/C39H26N4/c1-3-14-27(15-4-1)37-40-38(28-16-5-2-6-17-28)42-39(41-37)34-23-8-7-20-31(34)29-18-13-19-30(26-29)43-35-24-11-9-21-32(35)33-22-10-12-25-36(33)43/h1-26H. The van der Waals surface area contributed by atoms with Gasteiger partial charge in [0.1, 0.15) is 0 Å². The minimum Gasteiger partial charge on any atom is -0.309 e. The third-order valence-electron chi connectivity index (χ3n) is 7.86. The molecule has 202 valence electrons. The molecule has 0 bridgehead atoms. The fourth-order valence-electron chi connectivity index (χ4n) is 5.87. The van der Waals surface area contributed by atoms with Crippen molar-refractivity contribution in [1.29, 1.82) is 0 Å². The molecule has 4 nitrogen and oxygen atoms in total. The van der Waals surface area contributed by atoms with Gasteiger partial charge < -0.3 is 4.57 Å². The lowest BCUT2D eigenvalue weighted by molar-refractivity contribution is 1.07. The van der Waals surface area contributed by atoms with E-state index in [1.165, 1.54) is 21.8 Å². The number of rotatable bonds is 5. The highest BCUT2D eigenvalue weighted by molar-refractivity contribution is 6.09. The van der Waals surface area contributed by atoms with Crippen molar-refractivity contribution in [1.82, 2.24) is 19.5 Å². The number of benzene rings is 6. The highest BCUT2D eigenvalue weighted by Gasteiger charge is 2.17. The van der Waals surface area contributed by atoms with Crippen LogP contribution in [0.5, 0.6) is 0 Å². The lowest BCUT2D eigenvalue weighted by Gasteiger charge is -2.14. The van der Waals surface area contributed by atoms with Crippen LogP contribution < -0.4 is 0 Å². The second-order valence-corrected chi connectivity index (χ2v) is 10.5. The minimum atomic E-state index is 0.644. The Balaban J connectivity index is 1.31. The van der Waals surface area contributed by atoms with Gasteiger partial charge in [0, 0.05) is 33.2 Å². The highest BCUT2D eigenvalue weighted by Crippen LogP contribution is 2.36. The van der Waals surface area contributed by atoms with Crippen molar-refractivity contribution in [2.45, 2.75) is 0 Å². The molecule has 0 aliphatic heterocycles. The van der Waals surface area contributed by atoms with Crippen molar-refractivity contribution in [3.05, 3.63) is 158 Å². The molecular weight excluding hydrogens is 524 g/mol. The average Bonchev–Trinajstić information content (AvgIpc) is 3.43. The highest BCUT2D eigenvalue weighted by atomic mass is 15.0. The van der Waals surface area contributed by atoms with Crippen LogP contribution in [0.25, 0.3) is 72.8 Å². The van der Waals surface area contributed by atoms with Gasteiger partial charge in [-0.2, -0.15) is 0 Å². The zero-order valence-corrected chi connectivity index (χ0v) is 23.3. The van der Waals surface area contributed by atoms with Crippen molar-refractivity contribution in [2.75, 3.05) is 0 Å². The molecule has 0 saturated carbocycles. The Morgan fingerprint density at radius 2 is 0.814 bits per heavy atom. The summed E-state index contributed by atoms with van der Waals surface area (Å²) in [6.07, 6.45) is 0. The number of hydrogen-bond donors (Lipinski definition) is 0. The number of nitrogens with zero attached hydrogens (tertiary/aromatic N) is 4. The first kappa shape index (κ1) is 24.9. The summed E-state index contributed by atoms with van der Waals surface area (Å²) < 4.78 is 2.35. The zero-order valence-electron chi connectivity index (χ0n) is 23.3. The number of hydrogen-bond acceptors (Lipinski definition) is 3. The maximum Gasteiger partial charge on any atom is 0.164 e. The zero-order chi connectivity index (χ0) is 28.6. The number of aromatic nitrogens is 4. The van der Waals surface area contributed by atoms with E-state index in [1.54, 1.807) is 0 Å². The van der Waals surface area contributed by atoms with E-state index in [1.807, 2.05) is 66.7 Å². The summed E-state index contributed by atoms with van der Waals surface area (Å²) in [5.41, 5.74) is 8.50. The second kappa shape index (κ2) is 10.5. The van der Waals surface area contributed by atoms with Gasteiger partial charge in [0.05, 0.1) is 11.0 Å². The lowest BCUT2D eigenvalue weighted by atomic mass is 9.98. The Morgan fingerprint density at radius 3 is 1.42 bits per heavy atom. The van der Waals surface area contributed by atoms with Crippen LogP contribution in [0.1, 0.15) is 0 Å². The average molecular weight is 551 g/mol. The molecule has 0 unspecified atom stereocenters. The second-order valence-electron chi connectivity index (χ2n) is 10.5. The van der Waals surface area contributed by atoms with E-state index in [2.05, 4.69) is 95.6 Å². The van der Waals surface area contributed by atoms with Crippen LogP contribution in [0.3, 0.4) is 0 Å². The summed E-state index contributed by atoms with van der Waals surface area (Å²) in [6, 6.07) is 54.5. The SMILES string of the molecule is c1ccc(-c2nc(-c3ccccc3)nc(-c3ccccc3-c3cccc(-n4c5ccccc5c5ccccc54)c3)n2)cc1. The molecule has 0 atom stereocenters. The van der Waals surface area contributed by atoms with Crippen molar-refractivity contribution in [3.8, 4) is 51.0 Å². The van der Waals surface area contributed by atoms with Crippen LogP contribution >= 0.6 is 0 Å². The van der Waals surface area contributed by atoms with E-state index in [0.29, 0.717) is 17.5 Å². The van der Waals surface area contributed by atoms with E-state index in [0.717, 1.165) is 33.5 Å². The Morgan fingerprint density at radius 1 is 0.349 bits per heavy atom. The molecule has 0 aliphatic carbocycles. The first-order valence-electron chi connectivity index (χ1n) is 14.4. The molecule has 0 aliphatic rings. The Labute approximate surface area is 249 Å². The monoisotopic (exact) mass is 550 g/mol. The molecule has 2 heterocycles. The molecule has 8 rings (SSSR count). The van der Waals surface area contributed by atoms with Crippen LogP contribution in [0, 0.1) is 0 Å². The fraction of sp³-hybridized carbons (Fsp3) is 0. The van der Waals surface area contributed by atoms with Gasteiger partial charge in [-0.1, -0.05) is 133 Å². The molecule has 0 N–H and O–H groups in total. The van der Waals surface area contributed by atoms with Gasteiger partial charge in [-0.3, -0.25) is 0 Å². The summed E-state index contributed by atoms with van der Waals surface area (Å²) in [6.45, 7) is 0. The summed E-state index contributed by atoms with van der Waals surface area (Å²) in [4.78, 5) is 14.9. The molecule has 0 spiro atoms. The first-order chi connectivity index (χ1) is 21.3. The Hall–Kier alpha value is -5.87. The van der Waals surface area contributed by atoms with Crippen molar-refractivity contribution < 1.29 is 0 Å². The molecule has 0 radical (unpaired) electrons. The van der Waals surface area contributed by atoms with Gasteiger partial charge in [0.2, 0.25) is 0 Å². The largest absolute Gasteiger partial charge is 0.309 e. The number of para-hydroxylation sites is 2. The quantitative estimate of drug-likeness (QED) is 0.214. The Kier molecular flexibility index (Phi) is 6.08. The Bertz CT molecular complexity index is 2120.